The molecular formula is C17H15FN2O. The summed E-state index contributed by atoms with van der Waals surface area (Å²) in [6, 6.07) is 15.7. The van der Waals surface area contributed by atoms with E-state index in [1.807, 2.05) is 37.3 Å². The molecule has 106 valence electrons. The van der Waals surface area contributed by atoms with E-state index in [1.165, 1.54) is 17.1 Å². The largest absolute Gasteiger partial charge is 0.272 e. The lowest BCUT2D eigenvalue weighted by molar-refractivity contribution is -0.130. The molecule has 0 bridgehead atoms. The highest BCUT2D eigenvalue weighted by Crippen LogP contribution is 2.27. The molecule has 0 saturated heterocycles. The van der Waals surface area contributed by atoms with E-state index in [4.69, 9.17) is 0 Å². The molecule has 2 aromatic rings. The van der Waals surface area contributed by atoms with Crippen LogP contribution < -0.4 is 0 Å². The average molecular weight is 282 g/mol. The van der Waals surface area contributed by atoms with Crippen molar-refractivity contribution in [1.82, 2.24) is 5.01 Å². The molecular weight excluding hydrogens is 267 g/mol. The van der Waals surface area contributed by atoms with Crippen LogP contribution in [-0.2, 0) is 11.3 Å². The maximum atomic E-state index is 12.9. The lowest BCUT2D eigenvalue weighted by atomic mass is 9.95. The summed E-state index contributed by atoms with van der Waals surface area (Å²) in [6.45, 7) is 2.22. The van der Waals surface area contributed by atoms with E-state index in [2.05, 4.69) is 5.10 Å². The fourth-order valence-electron chi connectivity index (χ4n) is 2.53. The van der Waals surface area contributed by atoms with Gasteiger partial charge in [-0.3, -0.25) is 4.79 Å². The number of amides is 1. The molecule has 0 aliphatic carbocycles. The van der Waals surface area contributed by atoms with Crippen molar-refractivity contribution in [2.75, 3.05) is 0 Å². The molecule has 3 rings (SSSR count). The summed E-state index contributed by atoms with van der Waals surface area (Å²) in [5.41, 5.74) is 2.59. The number of rotatable bonds is 3. The molecule has 3 nitrogen and oxygen atoms in total. The monoisotopic (exact) mass is 282 g/mol. The quantitative estimate of drug-likeness (QED) is 0.850. The SMILES string of the molecule is CC1=NN(Cc2ccc(F)cc2)C(=O)C1c1ccccc1. The second-order valence-corrected chi connectivity index (χ2v) is 5.11. The Kier molecular flexibility index (Phi) is 3.52. The number of hydrogen-bond donors (Lipinski definition) is 0. The number of hydrogen-bond acceptors (Lipinski definition) is 2. The molecule has 0 N–H and O–H groups in total. The zero-order chi connectivity index (χ0) is 14.8. The molecule has 1 atom stereocenters. The van der Waals surface area contributed by atoms with Crippen molar-refractivity contribution < 1.29 is 9.18 Å². The van der Waals surface area contributed by atoms with Crippen LogP contribution in [-0.4, -0.2) is 16.6 Å². The van der Waals surface area contributed by atoms with Crippen LogP contribution in [0.25, 0.3) is 0 Å². The molecule has 4 heteroatoms. The number of halogens is 1. The smallest absolute Gasteiger partial charge is 0.256 e. The summed E-state index contributed by atoms with van der Waals surface area (Å²) in [6.07, 6.45) is 0. The van der Waals surface area contributed by atoms with Crippen LogP contribution in [0, 0.1) is 5.82 Å². The molecule has 1 unspecified atom stereocenters. The third-order valence-electron chi connectivity index (χ3n) is 3.58. The lowest BCUT2D eigenvalue weighted by Gasteiger charge is -2.14. The Balaban J connectivity index is 1.80. The second-order valence-electron chi connectivity index (χ2n) is 5.11. The zero-order valence-electron chi connectivity index (χ0n) is 11.7. The Morgan fingerprint density at radius 3 is 2.43 bits per heavy atom. The first kappa shape index (κ1) is 13.5. The van der Waals surface area contributed by atoms with Crippen LogP contribution in [0.3, 0.4) is 0 Å². The van der Waals surface area contributed by atoms with Crippen molar-refractivity contribution in [3.05, 3.63) is 71.5 Å². The van der Waals surface area contributed by atoms with Gasteiger partial charge in [0.2, 0.25) is 0 Å². The van der Waals surface area contributed by atoms with Crippen LogP contribution in [0.5, 0.6) is 0 Å². The fraction of sp³-hybridized carbons (Fsp3) is 0.176. The Hall–Kier alpha value is -2.49. The van der Waals surface area contributed by atoms with Crippen molar-refractivity contribution in [2.24, 2.45) is 5.10 Å². The van der Waals surface area contributed by atoms with Crippen LogP contribution in [0.2, 0.25) is 0 Å². The standard InChI is InChI=1S/C17H15FN2O/c1-12-16(14-5-3-2-4-6-14)17(21)20(19-12)11-13-7-9-15(18)10-8-13/h2-10,16H,11H2,1H3. The number of carbonyl (C=O) groups excluding carboxylic acids is 1. The lowest BCUT2D eigenvalue weighted by Crippen LogP contribution is -2.25. The molecule has 0 saturated carbocycles. The van der Waals surface area contributed by atoms with Gasteiger partial charge in [-0.2, -0.15) is 5.10 Å². The molecule has 0 fully saturated rings. The summed E-state index contributed by atoms with van der Waals surface area (Å²) < 4.78 is 12.9. The van der Waals surface area contributed by atoms with Crippen LogP contribution in [0.1, 0.15) is 24.0 Å². The van der Waals surface area contributed by atoms with Crippen LogP contribution >= 0.6 is 0 Å². The third-order valence-corrected chi connectivity index (χ3v) is 3.58. The minimum absolute atomic E-state index is 0.0389. The molecule has 1 amide bonds. The van der Waals surface area contributed by atoms with Crippen molar-refractivity contribution in [2.45, 2.75) is 19.4 Å². The molecule has 0 radical (unpaired) electrons. The van der Waals surface area contributed by atoms with Crippen molar-refractivity contribution in [1.29, 1.82) is 0 Å². The van der Waals surface area contributed by atoms with Gasteiger partial charge in [0.15, 0.2) is 0 Å². The number of benzene rings is 2. The summed E-state index contributed by atoms with van der Waals surface area (Å²) in [5, 5.41) is 5.81. The molecule has 1 heterocycles. The van der Waals surface area contributed by atoms with Gasteiger partial charge in [0.25, 0.3) is 5.91 Å². The van der Waals surface area contributed by atoms with Gasteiger partial charge in [0.1, 0.15) is 11.7 Å². The van der Waals surface area contributed by atoms with E-state index in [0.29, 0.717) is 6.54 Å². The normalized spacial score (nSPS) is 18.0. The highest BCUT2D eigenvalue weighted by molar-refractivity contribution is 6.11. The van der Waals surface area contributed by atoms with Crippen LogP contribution in [0.15, 0.2) is 59.7 Å². The maximum Gasteiger partial charge on any atom is 0.256 e. The second kappa shape index (κ2) is 5.48. The first-order chi connectivity index (χ1) is 10.1. The van der Waals surface area contributed by atoms with E-state index in [-0.39, 0.29) is 17.6 Å². The van der Waals surface area contributed by atoms with Gasteiger partial charge in [-0.15, -0.1) is 0 Å². The predicted molar refractivity (Wildman–Crippen MR) is 79.2 cm³/mol. The van der Waals surface area contributed by atoms with Gasteiger partial charge in [-0.05, 0) is 30.2 Å². The van der Waals surface area contributed by atoms with Gasteiger partial charge < -0.3 is 0 Å². The van der Waals surface area contributed by atoms with E-state index < -0.39 is 0 Å². The van der Waals surface area contributed by atoms with Gasteiger partial charge in [-0.25, -0.2) is 9.40 Å². The summed E-state index contributed by atoms with van der Waals surface area (Å²) in [5.74, 6) is -0.636. The van der Waals surface area contributed by atoms with Gasteiger partial charge >= 0.3 is 0 Å². The predicted octanol–water partition coefficient (Wildman–Crippen LogP) is 3.33. The zero-order valence-corrected chi connectivity index (χ0v) is 11.7. The highest BCUT2D eigenvalue weighted by atomic mass is 19.1. The topological polar surface area (TPSA) is 32.7 Å². The van der Waals surface area contributed by atoms with E-state index in [1.54, 1.807) is 12.1 Å². The average Bonchev–Trinajstić information content (AvgIpc) is 2.77. The summed E-state index contributed by atoms with van der Waals surface area (Å²) in [7, 11) is 0. The third kappa shape index (κ3) is 2.70. The number of carbonyl (C=O) groups is 1. The summed E-state index contributed by atoms with van der Waals surface area (Å²) >= 11 is 0. The molecule has 21 heavy (non-hydrogen) atoms. The fourth-order valence-corrected chi connectivity index (χ4v) is 2.53. The van der Waals surface area contributed by atoms with Crippen molar-refractivity contribution >= 4 is 11.6 Å². The van der Waals surface area contributed by atoms with Gasteiger partial charge in [0, 0.05) is 0 Å². The number of hydrazone groups is 1. The summed E-state index contributed by atoms with van der Waals surface area (Å²) in [4.78, 5) is 12.5. The van der Waals surface area contributed by atoms with Crippen LogP contribution in [0.4, 0.5) is 4.39 Å². The number of nitrogens with zero attached hydrogens (tertiary/aromatic N) is 2. The van der Waals surface area contributed by atoms with Crippen molar-refractivity contribution in [3.8, 4) is 0 Å². The molecule has 0 aromatic heterocycles. The Morgan fingerprint density at radius 2 is 1.76 bits per heavy atom. The first-order valence-corrected chi connectivity index (χ1v) is 6.81. The molecule has 1 aliphatic rings. The molecule has 1 aliphatic heterocycles. The van der Waals surface area contributed by atoms with E-state index in [0.717, 1.165) is 16.8 Å². The van der Waals surface area contributed by atoms with Gasteiger partial charge in [0.05, 0.1) is 12.3 Å². The maximum absolute atomic E-state index is 12.9. The Bertz CT molecular complexity index is 680. The molecule has 0 spiro atoms. The van der Waals surface area contributed by atoms with E-state index in [9.17, 15) is 9.18 Å². The Morgan fingerprint density at radius 1 is 1.10 bits per heavy atom. The van der Waals surface area contributed by atoms with Gasteiger partial charge in [-0.1, -0.05) is 42.5 Å². The Labute approximate surface area is 122 Å². The van der Waals surface area contributed by atoms with Crippen molar-refractivity contribution in [3.63, 3.8) is 0 Å². The minimum Gasteiger partial charge on any atom is -0.272 e. The highest BCUT2D eigenvalue weighted by Gasteiger charge is 2.34. The molecule has 2 aromatic carbocycles. The first-order valence-electron chi connectivity index (χ1n) is 6.81. The minimum atomic E-state index is -0.313. The van der Waals surface area contributed by atoms with E-state index >= 15 is 0 Å².